The summed E-state index contributed by atoms with van der Waals surface area (Å²) in [5.74, 6) is -0.776. The molecular formula is C27H22N4O4. The van der Waals surface area contributed by atoms with E-state index in [4.69, 9.17) is 4.74 Å². The van der Waals surface area contributed by atoms with E-state index in [9.17, 15) is 14.4 Å². The van der Waals surface area contributed by atoms with E-state index in [-0.39, 0.29) is 17.4 Å². The summed E-state index contributed by atoms with van der Waals surface area (Å²) in [6.07, 6.45) is 2.83. The molecule has 4 aromatic rings. The van der Waals surface area contributed by atoms with Gasteiger partial charge in [0.15, 0.2) is 0 Å². The predicted molar refractivity (Wildman–Crippen MR) is 130 cm³/mol. The molecule has 5 rings (SSSR count). The first-order valence-electron chi connectivity index (χ1n) is 11.2. The maximum Gasteiger partial charge on any atom is 0.343 e. The molecule has 0 spiro atoms. The van der Waals surface area contributed by atoms with Crippen LogP contribution in [0.25, 0.3) is 0 Å². The Kier molecular flexibility index (Phi) is 5.93. The van der Waals surface area contributed by atoms with Crippen molar-refractivity contribution in [2.24, 2.45) is 0 Å². The second-order valence-electron chi connectivity index (χ2n) is 8.19. The molecule has 8 heteroatoms. The van der Waals surface area contributed by atoms with Crippen LogP contribution in [-0.4, -0.2) is 26.8 Å². The van der Waals surface area contributed by atoms with Gasteiger partial charge in [-0.25, -0.2) is 9.78 Å². The van der Waals surface area contributed by atoms with Crippen LogP contribution in [0.4, 0.5) is 5.69 Å². The van der Waals surface area contributed by atoms with Crippen LogP contribution in [0.15, 0.2) is 83.8 Å². The van der Waals surface area contributed by atoms with Gasteiger partial charge >= 0.3 is 5.97 Å². The topological polar surface area (TPSA) is 105 Å². The van der Waals surface area contributed by atoms with Gasteiger partial charge in [-0.1, -0.05) is 42.5 Å². The van der Waals surface area contributed by atoms with Crippen LogP contribution in [0.3, 0.4) is 0 Å². The molecule has 1 atom stereocenters. The number of aromatic amines is 1. The Morgan fingerprint density at radius 2 is 1.74 bits per heavy atom. The Morgan fingerprint density at radius 3 is 2.49 bits per heavy atom. The van der Waals surface area contributed by atoms with E-state index in [1.54, 1.807) is 66.6 Å². The van der Waals surface area contributed by atoms with E-state index in [0.29, 0.717) is 29.9 Å². The summed E-state index contributed by atoms with van der Waals surface area (Å²) >= 11 is 0. The van der Waals surface area contributed by atoms with E-state index in [0.717, 1.165) is 11.3 Å². The Balaban J connectivity index is 1.52. The highest BCUT2D eigenvalue weighted by molar-refractivity contribution is 6.06. The second kappa shape index (κ2) is 9.34. The number of carbonyl (C=O) groups is 2. The highest BCUT2D eigenvalue weighted by atomic mass is 16.5. The van der Waals surface area contributed by atoms with Gasteiger partial charge in [0.1, 0.15) is 11.5 Å². The van der Waals surface area contributed by atoms with E-state index < -0.39 is 17.6 Å². The molecule has 0 aliphatic carbocycles. The number of nitrogens with one attached hydrogen (secondary N) is 1. The van der Waals surface area contributed by atoms with Gasteiger partial charge in [-0.2, -0.15) is 0 Å². The zero-order valence-corrected chi connectivity index (χ0v) is 19.0. The fraction of sp³-hybridized carbons (Fsp3) is 0.148. The summed E-state index contributed by atoms with van der Waals surface area (Å²) in [6.45, 7) is 1.61. The van der Waals surface area contributed by atoms with Crippen LogP contribution in [0, 0.1) is 6.92 Å². The zero-order chi connectivity index (χ0) is 24.4. The van der Waals surface area contributed by atoms with Crippen molar-refractivity contribution in [3.63, 3.8) is 0 Å². The maximum atomic E-state index is 13.6. The lowest BCUT2D eigenvalue weighted by molar-refractivity contribution is 0.0729. The third-order valence-electron chi connectivity index (χ3n) is 5.94. The van der Waals surface area contributed by atoms with Crippen LogP contribution in [0.1, 0.15) is 50.4 Å². The molecule has 1 aliphatic heterocycles. The molecule has 2 aromatic carbocycles. The normalized spacial score (nSPS) is 14.8. The SMILES string of the molecule is Cc1nc(C2CCc3ccccc3N2C(=O)c2ccccn2)[nH]c(=O)c1OC(=O)c1ccccc1. The third-order valence-corrected chi connectivity index (χ3v) is 5.94. The molecule has 1 unspecified atom stereocenters. The molecular weight excluding hydrogens is 444 g/mol. The van der Waals surface area contributed by atoms with Gasteiger partial charge in [0.2, 0.25) is 5.75 Å². The minimum absolute atomic E-state index is 0.165. The number of benzene rings is 2. The number of H-pyrrole nitrogens is 1. The van der Waals surface area contributed by atoms with Crippen LogP contribution in [0.5, 0.6) is 5.75 Å². The number of esters is 1. The molecule has 0 bridgehead atoms. The van der Waals surface area contributed by atoms with Gasteiger partial charge in [-0.05, 0) is 55.7 Å². The highest BCUT2D eigenvalue weighted by Crippen LogP contribution is 2.38. The molecule has 35 heavy (non-hydrogen) atoms. The molecule has 8 nitrogen and oxygen atoms in total. The first-order chi connectivity index (χ1) is 17.0. The number of aromatic nitrogens is 3. The van der Waals surface area contributed by atoms with Crippen molar-refractivity contribution in [3.8, 4) is 5.75 Å². The lowest BCUT2D eigenvalue weighted by Gasteiger charge is -2.36. The first kappa shape index (κ1) is 22.2. The Morgan fingerprint density at radius 1 is 1.00 bits per heavy atom. The molecule has 1 N–H and O–H groups in total. The smallest absolute Gasteiger partial charge is 0.343 e. The number of fused-ring (bicyclic) bond motifs is 1. The number of rotatable bonds is 4. The fourth-order valence-corrected chi connectivity index (χ4v) is 4.27. The average Bonchev–Trinajstić information content (AvgIpc) is 2.90. The van der Waals surface area contributed by atoms with Crippen LogP contribution in [-0.2, 0) is 6.42 Å². The number of hydrogen-bond acceptors (Lipinski definition) is 6. The number of carbonyl (C=O) groups excluding carboxylic acids is 2. The van der Waals surface area contributed by atoms with Crippen molar-refractivity contribution in [1.29, 1.82) is 0 Å². The fourth-order valence-electron chi connectivity index (χ4n) is 4.27. The van der Waals surface area contributed by atoms with Crippen molar-refractivity contribution in [2.45, 2.75) is 25.8 Å². The lowest BCUT2D eigenvalue weighted by Crippen LogP contribution is -2.40. The first-order valence-corrected chi connectivity index (χ1v) is 11.2. The molecule has 0 saturated carbocycles. The number of para-hydroxylation sites is 1. The number of pyridine rings is 1. The summed E-state index contributed by atoms with van der Waals surface area (Å²) in [5, 5.41) is 0. The van der Waals surface area contributed by atoms with Gasteiger partial charge in [-0.15, -0.1) is 0 Å². The maximum absolute atomic E-state index is 13.6. The minimum Gasteiger partial charge on any atom is -0.415 e. The molecule has 1 amide bonds. The third kappa shape index (κ3) is 4.33. The lowest BCUT2D eigenvalue weighted by atomic mass is 9.94. The Bertz CT molecular complexity index is 1450. The number of amides is 1. The Labute approximate surface area is 201 Å². The highest BCUT2D eigenvalue weighted by Gasteiger charge is 2.35. The largest absolute Gasteiger partial charge is 0.415 e. The van der Waals surface area contributed by atoms with Crippen LogP contribution < -0.4 is 15.2 Å². The molecule has 1 aliphatic rings. The summed E-state index contributed by atoms with van der Waals surface area (Å²) in [6, 6.07) is 20.7. The predicted octanol–water partition coefficient (Wildman–Crippen LogP) is 4.03. The number of aryl methyl sites for hydroxylation is 2. The number of ether oxygens (including phenoxy) is 1. The molecule has 0 radical (unpaired) electrons. The van der Waals surface area contributed by atoms with Crippen molar-refractivity contribution in [1.82, 2.24) is 15.0 Å². The van der Waals surface area contributed by atoms with E-state index in [1.807, 2.05) is 24.3 Å². The number of hydrogen-bond donors (Lipinski definition) is 1. The van der Waals surface area contributed by atoms with Crippen molar-refractivity contribution < 1.29 is 14.3 Å². The van der Waals surface area contributed by atoms with Gasteiger partial charge in [0.05, 0.1) is 17.3 Å². The number of nitrogens with zero attached hydrogens (tertiary/aromatic N) is 3. The van der Waals surface area contributed by atoms with Crippen LogP contribution >= 0.6 is 0 Å². The summed E-state index contributed by atoms with van der Waals surface area (Å²) in [4.78, 5) is 52.2. The second-order valence-corrected chi connectivity index (χ2v) is 8.19. The van der Waals surface area contributed by atoms with Crippen molar-refractivity contribution in [2.75, 3.05) is 4.90 Å². The molecule has 0 saturated heterocycles. The average molecular weight is 466 g/mol. The van der Waals surface area contributed by atoms with Gasteiger partial charge < -0.3 is 9.72 Å². The van der Waals surface area contributed by atoms with Crippen LogP contribution in [0.2, 0.25) is 0 Å². The standard InChI is InChI=1S/C27H22N4O4/c1-17-23(35-27(34)19-10-3-2-4-11-19)25(32)30-24(29-17)22-15-14-18-9-5-6-13-21(18)31(22)26(33)20-12-7-8-16-28-20/h2-13,16,22H,14-15H2,1H3,(H,29,30,32). The van der Waals surface area contributed by atoms with E-state index in [2.05, 4.69) is 15.0 Å². The Hall–Kier alpha value is -4.59. The van der Waals surface area contributed by atoms with E-state index >= 15 is 0 Å². The monoisotopic (exact) mass is 466 g/mol. The summed E-state index contributed by atoms with van der Waals surface area (Å²) in [5.41, 5.74) is 2.07. The van der Waals surface area contributed by atoms with Crippen molar-refractivity contribution in [3.05, 3.63) is 118 Å². The molecule has 174 valence electrons. The van der Waals surface area contributed by atoms with Gasteiger partial charge in [0, 0.05) is 11.9 Å². The van der Waals surface area contributed by atoms with E-state index in [1.165, 1.54) is 0 Å². The van der Waals surface area contributed by atoms with Gasteiger partial charge in [0.25, 0.3) is 11.5 Å². The number of anilines is 1. The molecule has 0 fully saturated rings. The minimum atomic E-state index is -0.646. The molecule has 2 aromatic heterocycles. The molecule has 3 heterocycles. The van der Waals surface area contributed by atoms with Crippen molar-refractivity contribution >= 4 is 17.6 Å². The summed E-state index contributed by atoms with van der Waals surface area (Å²) < 4.78 is 5.37. The van der Waals surface area contributed by atoms with Gasteiger partial charge in [-0.3, -0.25) is 19.5 Å². The summed E-state index contributed by atoms with van der Waals surface area (Å²) in [7, 11) is 0. The zero-order valence-electron chi connectivity index (χ0n) is 19.0. The quantitative estimate of drug-likeness (QED) is 0.456.